The van der Waals surface area contributed by atoms with E-state index in [4.69, 9.17) is 11.6 Å². The highest BCUT2D eigenvalue weighted by molar-refractivity contribution is 6.30. The third-order valence-corrected chi connectivity index (χ3v) is 2.95. The lowest BCUT2D eigenvalue weighted by Crippen LogP contribution is -2.32. The summed E-state index contributed by atoms with van der Waals surface area (Å²) in [5.41, 5.74) is 0.994. The van der Waals surface area contributed by atoms with Gasteiger partial charge in [0.25, 0.3) is 0 Å². The van der Waals surface area contributed by atoms with E-state index in [9.17, 15) is 9.59 Å². The molecule has 0 saturated carbocycles. The van der Waals surface area contributed by atoms with E-state index in [-0.39, 0.29) is 24.3 Å². The first-order chi connectivity index (χ1) is 8.15. The molecule has 0 aromatic heterocycles. The average Bonchev–Trinajstić information content (AvgIpc) is 2.45. The van der Waals surface area contributed by atoms with E-state index in [1.54, 1.807) is 6.07 Å². The van der Waals surface area contributed by atoms with Crippen LogP contribution in [0, 0.1) is 5.92 Å². The van der Waals surface area contributed by atoms with Gasteiger partial charge >= 0.3 is 0 Å². The maximum Gasteiger partial charge on any atom is 0.239 e. The third kappa shape index (κ3) is 3.20. The van der Waals surface area contributed by atoms with Crippen LogP contribution in [0.4, 0.5) is 0 Å². The molecule has 1 atom stereocenters. The van der Waals surface area contributed by atoms with Crippen molar-refractivity contribution in [3.05, 3.63) is 34.9 Å². The van der Waals surface area contributed by atoms with Crippen molar-refractivity contribution < 1.29 is 9.59 Å². The molecule has 1 fully saturated rings. The molecule has 17 heavy (non-hydrogen) atoms. The fourth-order valence-electron chi connectivity index (χ4n) is 1.82. The molecule has 0 bridgehead atoms. The van der Waals surface area contributed by atoms with Gasteiger partial charge in [-0.25, -0.2) is 0 Å². The van der Waals surface area contributed by atoms with Crippen molar-refractivity contribution in [1.82, 2.24) is 10.6 Å². The van der Waals surface area contributed by atoms with E-state index < -0.39 is 0 Å². The predicted molar refractivity (Wildman–Crippen MR) is 64.7 cm³/mol. The maximum absolute atomic E-state index is 11.7. The van der Waals surface area contributed by atoms with Gasteiger partial charge in [0.05, 0.1) is 12.5 Å². The molecule has 0 aliphatic carbocycles. The third-order valence-electron chi connectivity index (χ3n) is 2.71. The summed E-state index contributed by atoms with van der Waals surface area (Å²) < 4.78 is 0. The quantitative estimate of drug-likeness (QED) is 0.816. The molecule has 2 amide bonds. The zero-order chi connectivity index (χ0) is 12.3. The number of amides is 2. The van der Waals surface area contributed by atoms with Gasteiger partial charge in [0.2, 0.25) is 11.8 Å². The van der Waals surface area contributed by atoms with Crippen LogP contribution >= 0.6 is 11.6 Å². The predicted octanol–water partition coefficient (Wildman–Crippen LogP) is 0.745. The summed E-state index contributed by atoms with van der Waals surface area (Å²) in [5.74, 6) is -0.477. The minimum atomic E-state index is -0.236. The lowest BCUT2D eigenvalue weighted by atomic mass is 9.99. The molecule has 1 saturated heterocycles. The molecule has 1 aromatic carbocycles. The lowest BCUT2D eigenvalue weighted by Gasteiger charge is -2.12. The average molecular weight is 253 g/mol. The van der Waals surface area contributed by atoms with Crippen molar-refractivity contribution in [3.8, 4) is 0 Å². The Hall–Kier alpha value is -1.55. The second kappa shape index (κ2) is 5.19. The Morgan fingerprint density at radius 2 is 2.12 bits per heavy atom. The van der Waals surface area contributed by atoms with Crippen LogP contribution in [0.25, 0.3) is 0 Å². The molecule has 0 spiro atoms. The molecular formula is C12H13ClN2O2. The van der Waals surface area contributed by atoms with Gasteiger partial charge in [-0.1, -0.05) is 23.7 Å². The molecule has 5 heteroatoms. The van der Waals surface area contributed by atoms with Gasteiger partial charge in [-0.05, 0) is 24.1 Å². The lowest BCUT2D eigenvalue weighted by molar-refractivity contribution is -0.125. The van der Waals surface area contributed by atoms with Crippen LogP contribution in [0.1, 0.15) is 5.56 Å². The summed E-state index contributed by atoms with van der Waals surface area (Å²) in [6, 6.07) is 7.40. The Morgan fingerprint density at radius 3 is 2.88 bits per heavy atom. The standard InChI is InChI=1S/C12H13ClN2O2/c13-10-3-1-2-8(5-10)4-9-6-14-11(16)7-15-12(9)17/h1-3,5,9H,4,6-7H2,(H,14,16)(H,15,17)/t9-/m0/s1. The van der Waals surface area contributed by atoms with Gasteiger partial charge in [0, 0.05) is 11.6 Å². The monoisotopic (exact) mass is 252 g/mol. The molecule has 1 heterocycles. The molecule has 1 aliphatic heterocycles. The minimum Gasteiger partial charge on any atom is -0.354 e. The van der Waals surface area contributed by atoms with Crippen LogP contribution in [0.5, 0.6) is 0 Å². The SMILES string of the molecule is O=C1CNC(=O)[C@@H](Cc2cccc(Cl)c2)CN1. The van der Waals surface area contributed by atoms with Gasteiger partial charge in [-0.3, -0.25) is 9.59 Å². The maximum atomic E-state index is 11.7. The Labute approximate surface area is 104 Å². The number of hydrogen-bond donors (Lipinski definition) is 2. The van der Waals surface area contributed by atoms with Gasteiger partial charge in [0.1, 0.15) is 0 Å². The summed E-state index contributed by atoms with van der Waals surface area (Å²) in [6.45, 7) is 0.433. The Balaban J connectivity index is 2.07. The smallest absolute Gasteiger partial charge is 0.239 e. The summed E-state index contributed by atoms with van der Waals surface area (Å²) in [5, 5.41) is 5.95. The zero-order valence-corrected chi connectivity index (χ0v) is 9.96. The summed E-state index contributed by atoms with van der Waals surface area (Å²) in [7, 11) is 0. The van der Waals surface area contributed by atoms with Crippen LogP contribution in [-0.2, 0) is 16.0 Å². The van der Waals surface area contributed by atoms with Gasteiger partial charge in [-0.2, -0.15) is 0 Å². The Bertz CT molecular complexity index is 448. The van der Waals surface area contributed by atoms with E-state index >= 15 is 0 Å². The highest BCUT2D eigenvalue weighted by Crippen LogP contribution is 2.15. The Morgan fingerprint density at radius 1 is 1.29 bits per heavy atom. The number of rotatable bonds is 2. The molecule has 2 N–H and O–H groups in total. The normalized spacial score (nSPS) is 20.4. The van der Waals surface area contributed by atoms with Gasteiger partial charge in [-0.15, -0.1) is 0 Å². The molecule has 0 radical (unpaired) electrons. The summed E-state index contributed by atoms with van der Waals surface area (Å²) in [6.07, 6.45) is 0.576. The van der Waals surface area contributed by atoms with Crippen LogP contribution in [0.15, 0.2) is 24.3 Å². The number of carbonyl (C=O) groups is 2. The molecular weight excluding hydrogens is 240 g/mol. The second-order valence-electron chi connectivity index (χ2n) is 4.05. The highest BCUT2D eigenvalue weighted by Gasteiger charge is 2.23. The van der Waals surface area contributed by atoms with Crippen molar-refractivity contribution in [2.45, 2.75) is 6.42 Å². The molecule has 0 unspecified atom stereocenters. The van der Waals surface area contributed by atoms with E-state index in [0.717, 1.165) is 5.56 Å². The van der Waals surface area contributed by atoms with Crippen molar-refractivity contribution in [3.63, 3.8) is 0 Å². The number of benzene rings is 1. The van der Waals surface area contributed by atoms with E-state index in [0.29, 0.717) is 18.0 Å². The van der Waals surface area contributed by atoms with Crippen molar-refractivity contribution in [2.75, 3.05) is 13.1 Å². The number of hydrogen-bond acceptors (Lipinski definition) is 2. The molecule has 2 rings (SSSR count). The zero-order valence-electron chi connectivity index (χ0n) is 9.20. The fourth-order valence-corrected chi connectivity index (χ4v) is 2.03. The summed E-state index contributed by atoms with van der Waals surface area (Å²) >= 11 is 5.88. The second-order valence-corrected chi connectivity index (χ2v) is 4.49. The van der Waals surface area contributed by atoms with E-state index in [1.807, 2.05) is 18.2 Å². The largest absolute Gasteiger partial charge is 0.354 e. The van der Waals surface area contributed by atoms with E-state index in [1.165, 1.54) is 0 Å². The van der Waals surface area contributed by atoms with Crippen LogP contribution in [0.2, 0.25) is 5.02 Å². The van der Waals surface area contributed by atoms with Crippen molar-refractivity contribution in [2.24, 2.45) is 5.92 Å². The van der Waals surface area contributed by atoms with Crippen LogP contribution in [0.3, 0.4) is 0 Å². The topological polar surface area (TPSA) is 58.2 Å². The van der Waals surface area contributed by atoms with Crippen LogP contribution in [-0.4, -0.2) is 24.9 Å². The minimum absolute atomic E-state index is 0.0604. The van der Waals surface area contributed by atoms with Gasteiger partial charge in [0.15, 0.2) is 0 Å². The Kier molecular flexibility index (Phi) is 3.64. The van der Waals surface area contributed by atoms with Crippen molar-refractivity contribution >= 4 is 23.4 Å². The van der Waals surface area contributed by atoms with Crippen molar-refractivity contribution in [1.29, 1.82) is 0 Å². The number of halogens is 1. The molecule has 1 aromatic rings. The fraction of sp³-hybridized carbons (Fsp3) is 0.333. The first kappa shape index (κ1) is 11.9. The first-order valence-electron chi connectivity index (χ1n) is 5.44. The molecule has 90 valence electrons. The molecule has 1 aliphatic rings. The van der Waals surface area contributed by atoms with Crippen LogP contribution < -0.4 is 10.6 Å². The summed E-state index contributed by atoms with van der Waals surface area (Å²) in [4.78, 5) is 22.8. The molecule has 4 nitrogen and oxygen atoms in total. The van der Waals surface area contributed by atoms with Gasteiger partial charge < -0.3 is 10.6 Å². The van der Waals surface area contributed by atoms with E-state index in [2.05, 4.69) is 10.6 Å². The number of nitrogens with one attached hydrogen (secondary N) is 2. The number of carbonyl (C=O) groups excluding carboxylic acids is 2. The first-order valence-corrected chi connectivity index (χ1v) is 5.82. The highest BCUT2D eigenvalue weighted by atomic mass is 35.5.